The van der Waals surface area contributed by atoms with Gasteiger partial charge in [0.1, 0.15) is 23.1 Å². The fraction of sp³-hybridized carbons (Fsp3) is 0.333. The number of benzene rings is 2. The number of nitrogens with zero attached hydrogens (tertiary/aromatic N) is 3. The number of likely N-dealkylation sites (tertiary alicyclic amines) is 1. The van der Waals surface area contributed by atoms with E-state index in [-0.39, 0.29) is 29.9 Å². The number of nitrogens with one attached hydrogen (secondary N) is 3. The van der Waals surface area contributed by atoms with Gasteiger partial charge < -0.3 is 25.6 Å². The molecule has 2 atom stereocenters. The van der Waals surface area contributed by atoms with Crippen LogP contribution in [0.2, 0.25) is 0 Å². The van der Waals surface area contributed by atoms with Crippen LogP contribution in [-0.2, 0) is 0 Å². The Hall–Kier alpha value is -4.24. The molecule has 1 aromatic heterocycles. The highest BCUT2D eigenvalue weighted by atomic mass is 19.3. The van der Waals surface area contributed by atoms with Gasteiger partial charge in [-0.05, 0) is 37.7 Å². The van der Waals surface area contributed by atoms with Crippen LogP contribution in [0, 0.1) is 12.0 Å². The number of aromatic nitrogens is 2. The molecule has 8 nitrogen and oxygen atoms in total. The van der Waals surface area contributed by atoms with Crippen molar-refractivity contribution in [3.8, 4) is 17.7 Å². The van der Waals surface area contributed by atoms with Gasteiger partial charge in [0.05, 0.1) is 31.1 Å². The van der Waals surface area contributed by atoms with Gasteiger partial charge in [0, 0.05) is 37.1 Å². The van der Waals surface area contributed by atoms with Gasteiger partial charge in [-0.2, -0.15) is 23.0 Å². The maximum atomic E-state index is 14.6. The molecule has 4 rings (SSSR count). The van der Waals surface area contributed by atoms with Crippen LogP contribution in [0.5, 0.6) is 5.75 Å². The third-order valence-corrected chi connectivity index (χ3v) is 6.41. The molecule has 1 saturated heterocycles. The molecular formula is C27H28F4N6O2. The lowest BCUT2D eigenvalue weighted by Crippen LogP contribution is -2.46. The number of halogens is 4. The summed E-state index contributed by atoms with van der Waals surface area (Å²) in [5, 5.41) is 13.1. The van der Waals surface area contributed by atoms with Crippen LogP contribution in [0.15, 0.2) is 42.5 Å². The highest BCUT2D eigenvalue weighted by molar-refractivity contribution is 5.97. The van der Waals surface area contributed by atoms with Crippen molar-refractivity contribution in [2.45, 2.75) is 18.6 Å². The summed E-state index contributed by atoms with van der Waals surface area (Å²) in [5.74, 6) is 1.12. The Balaban J connectivity index is 1.62. The Morgan fingerprint density at radius 2 is 2.00 bits per heavy atom. The molecule has 2 aromatic carbocycles. The van der Waals surface area contributed by atoms with Crippen molar-refractivity contribution in [1.29, 1.82) is 0 Å². The summed E-state index contributed by atoms with van der Waals surface area (Å²) < 4.78 is 62.2. The van der Waals surface area contributed by atoms with Crippen molar-refractivity contribution < 1.29 is 27.1 Å². The van der Waals surface area contributed by atoms with Crippen LogP contribution in [0.1, 0.15) is 22.5 Å². The van der Waals surface area contributed by atoms with E-state index in [0.717, 1.165) is 4.68 Å². The van der Waals surface area contributed by atoms with Crippen LogP contribution in [0.3, 0.4) is 0 Å². The van der Waals surface area contributed by atoms with Gasteiger partial charge in [-0.25, -0.2) is 4.39 Å². The topological polar surface area (TPSA) is 83.5 Å². The van der Waals surface area contributed by atoms with Gasteiger partial charge in [-0.15, -0.1) is 0 Å². The summed E-state index contributed by atoms with van der Waals surface area (Å²) in [4.78, 5) is 13.7. The number of fused-ring (bicyclic) bond motifs is 1. The van der Waals surface area contributed by atoms with Crippen molar-refractivity contribution >= 4 is 34.0 Å². The number of hydrogen-bond donors (Lipinski definition) is 3. The number of hydrogen-bond acceptors (Lipinski definition) is 6. The average Bonchev–Trinajstić information content (AvgIpc) is 3.30. The van der Waals surface area contributed by atoms with Crippen molar-refractivity contribution in [3.05, 3.63) is 53.7 Å². The minimum Gasteiger partial charge on any atom is -0.495 e. The molecule has 0 unspecified atom stereocenters. The average molecular weight is 545 g/mol. The molecule has 3 aromatic rings. The standard InChI is InChI=1S/C27H28F4N6O2/c1-32-27(38)16-8-9-20(22(14-16)39-3)33-11-5-12-37-25(23(29)26(30)31)17-6-4-7-21(24(17)35-37)34-19-10-13-36(2)15-18(19)28/h4,6-9,14,18-19,33-34H,10-11,13,15H2,1-3H3,(H,32,38)/t18-,19+/m0/s1. The van der Waals surface area contributed by atoms with Gasteiger partial charge in [-0.3, -0.25) is 4.79 Å². The maximum absolute atomic E-state index is 14.6. The number of alkyl halides is 1. The van der Waals surface area contributed by atoms with E-state index in [4.69, 9.17) is 4.74 Å². The first-order chi connectivity index (χ1) is 18.7. The summed E-state index contributed by atoms with van der Waals surface area (Å²) in [5.41, 5.74) is 1.05. The van der Waals surface area contributed by atoms with Crippen molar-refractivity contribution in [3.63, 3.8) is 0 Å². The van der Waals surface area contributed by atoms with E-state index in [1.54, 1.807) is 30.3 Å². The number of carbonyl (C=O) groups excluding carboxylic acids is 1. The number of rotatable bonds is 7. The summed E-state index contributed by atoms with van der Waals surface area (Å²) in [6, 6.07) is 11.6. The van der Waals surface area contributed by atoms with Crippen molar-refractivity contribution in [1.82, 2.24) is 20.0 Å². The van der Waals surface area contributed by atoms with E-state index in [0.29, 0.717) is 35.7 Å². The highest BCUT2D eigenvalue weighted by Gasteiger charge is 2.29. The van der Waals surface area contributed by atoms with Crippen LogP contribution in [0.4, 0.5) is 28.9 Å². The van der Waals surface area contributed by atoms with Gasteiger partial charge in [-0.1, -0.05) is 18.1 Å². The van der Waals surface area contributed by atoms with E-state index in [1.807, 2.05) is 11.9 Å². The lowest BCUT2D eigenvalue weighted by molar-refractivity contribution is 0.0962. The second-order valence-corrected chi connectivity index (χ2v) is 8.99. The number of methoxy groups -OCH3 is 1. The minimum absolute atomic E-state index is 0.0268. The zero-order valence-electron chi connectivity index (χ0n) is 21.6. The molecule has 0 spiro atoms. The summed E-state index contributed by atoms with van der Waals surface area (Å²) in [6.07, 6.45) is -3.11. The first kappa shape index (κ1) is 27.8. The summed E-state index contributed by atoms with van der Waals surface area (Å²) in [7, 11) is 4.80. The van der Waals surface area contributed by atoms with Crippen molar-refractivity contribution in [2.24, 2.45) is 0 Å². The second-order valence-electron chi connectivity index (χ2n) is 8.99. The highest BCUT2D eigenvalue weighted by Crippen LogP contribution is 2.33. The number of ether oxygens (including phenoxy) is 1. The number of piperidine rings is 1. The Labute approximate surface area is 223 Å². The number of amides is 1. The predicted octanol–water partition coefficient (Wildman–Crippen LogP) is 4.31. The monoisotopic (exact) mass is 544 g/mol. The fourth-order valence-corrected chi connectivity index (χ4v) is 4.40. The van der Waals surface area contributed by atoms with Gasteiger partial charge >= 0.3 is 6.08 Å². The van der Waals surface area contributed by atoms with E-state index < -0.39 is 29.8 Å². The fourth-order valence-electron chi connectivity index (χ4n) is 4.40. The lowest BCUT2D eigenvalue weighted by Gasteiger charge is -2.33. The molecule has 206 valence electrons. The smallest absolute Gasteiger partial charge is 0.308 e. The van der Waals surface area contributed by atoms with Crippen LogP contribution >= 0.6 is 0 Å². The number of anilines is 2. The quantitative estimate of drug-likeness (QED) is 0.304. The van der Waals surface area contributed by atoms with Crippen LogP contribution in [-0.4, -0.2) is 73.6 Å². The molecule has 12 heteroatoms. The molecule has 1 fully saturated rings. The number of carbonyl (C=O) groups is 1. The van der Waals surface area contributed by atoms with Crippen molar-refractivity contribution in [2.75, 3.05) is 51.5 Å². The molecule has 2 heterocycles. The molecule has 0 aliphatic carbocycles. The Bertz CT molecular complexity index is 1460. The molecule has 0 saturated carbocycles. The van der Waals surface area contributed by atoms with E-state index >= 15 is 0 Å². The summed E-state index contributed by atoms with van der Waals surface area (Å²) >= 11 is 0. The van der Waals surface area contributed by atoms with Gasteiger partial charge in [0.15, 0.2) is 0 Å². The molecule has 0 bridgehead atoms. The van der Waals surface area contributed by atoms with E-state index in [1.165, 1.54) is 20.2 Å². The third-order valence-electron chi connectivity index (χ3n) is 6.41. The maximum Gasteiger partial charge on any atom is 0.308 e. The first-order valence-electron chi connectivity index (χ1n) is 12.2. The molecule has 1 amide bonds. The summed E-state index contributed by atoms with van der Waals surface area (Å²) in [6.45, 7) is 0.977. The largest absolute Gasteiger partial charge is 0.495 e. The zero-order valence-corrected chi connectivity index (χ0v) is 21.6. The lowest BCUT2D eigenvalue weighted by atomic mass is 10.0. The van der Waals surface area contributed by atoms with E-state index in [2.05, 4.69) is 33.0 Å². The Kier molecular flexibility index (Phi) is 8.61. The molecule has 1 aliphatic rings. The van der Waals surface area contributed by atoms with Gasteiger partial charge in [0.25, 0.3) is 5.91 Å². The first-order valence-corrected chi connectivity index (χ1v) is 12.2. The molecule has 0 radical (unpaired) electrons. The predicted molar refractivity (Wildman–Crippen MR) is 142 cm³/mol. The molecular weight excluding hydrogens is 516 g/mol. The molecule has 3 N–H and O–H groups in total. The second kappa shape index (κ2) is 12.1. The van der Waals surface area contributed by atoms with Crippen LogP contribution in [0.25, 0.3) is 16.7 Å². The Morgan fingerprint density at radius 3 is 2.69 bits per heavy atom. The van der Waals surface area contributed by atoms with Crippen LogP contribution < -0.4 is 20.7 Å². The molecule has 1 aliphatic heterocycles. The molecule has 39 heavy (non-hydrogen) atoms. The van der Waals surface area contributed by atoms with E-state index in [9.17, 15) is 22.4 Å². The third kappa shape index (κ3) is 6.09. The normalized spacial score (nSPS) is 17.2. The Morgan fingerprint density at radius 1 is 1.21 bits per heavy atom. The zero-order chi connectivity index (χ0) is 28.1. The minimum atomic E-state index is -2.50. The van der Waals surface area contributed by atoms with Gasteiger partial charge in [0.2, 0.25) is 5.83 Å². The SMILES string of the molecule is CNC(=O)c1ccc(NCC#Cn2nc3c(N[C@@H]4CCN(C)C[C@@H]4F)cccc3c2C(F)=C(F)F)c(OC)c1.